The van der Waals surface area contributed by atoms with Crippen LogP contribution in [0.3, 0.4) is 0 Å². The minimum absolute atomic E-state index is 0.168. The van der Waals surface area contributed by atoms with Crippen LogP contribution in [0.4, 0.5) is 15.8 Å². The zero-order chi connectivity index (χ0) is 15.4. The van der Waals surface area contributed by atoms with Crippen molar-refractivity contribution in [3.05, 3.63) is 52.3 Å². The number of hydrogen-bond acceptors (Lipinski definition) is 3. The molecule has 2 aromatic rings. The molecule has 21 heavy (non-hydrogen) atoms. The van der Waals surface area contributed by atoms with Crippen LogP contribution in [0, 0.1) is 12.7 Å². The van der Waals surface area contributed by atoms with Gasteiger partial charge in [0.15, 0.2) is 0 Å². The van der Waals surface area contributed by atoms with Gasteiger partial charge >= 0.3 is 0 Å². The Balaban J connectivity index is 1.97. The third-order valence-corrected chi connectivity index (χ3v) is 4.30. The van der Waals surface area contributed by atoms with Crippen LogP contribution in [0.5, 0.6) is 0 Å². The summed E-state index contributed by atoms with van der Waals surface area (Å²) in [5.41, 5.74) is 7.73. The average Bonchev–Trinajstić information content (AvgIpc) is 2.43. The second-order valence-electron chi connectivity index (χ2n) is 4.50. The first kappa shape index (κ1) is 15.9. The van der Waals surface area contributed by atoms with Crippen LogP contribution in [0.15, 0.2) is 45.8 Å². The first-order valence-electron chi connectivity index (χ1n) is 6.19. The van der Waals surface area contributed by atoms with E-state index in [0.717, 1.165) is 10.5 Å². The van der Waals surface area contributed by atoms with E-state index in [-0.39, 0.29) is 17.3 Å². The second-order valence-corrected chi connectivity index (χ2v) is 6.44. The van der Waals surface area contributed by atoms with Gasteiger partial charge < -0.3 is 11.1 Å². The lowest BCUT2D eigenvalue weighted by atomic mass is 10.2. The number of aryl methyl sites for hydroxylation is 1. The van der Waals surface area contributed by atoms with E-state index in [1.807, 2.05) is 25.1 Å². The van der Waals surface area contributed by atoms with E-state index < -0.39 is 5.82 Å². The van der Waals surface area contributed by atoms with Gasteiger partial charge in [-0.3, -0.25) is 4.79 Å². The quantitative estimate of drug-likeness (QED) is 0.627. The molecule has 3 N–H and O–H groups in total. The second kappa shape index (κ2) is 6.95. The minimum Gasteiger partial charge on any atom is -0.398 e. The first-order chi connectivity index (χ1) is 9.95. The fraction of sp³-hybridized carbons (Fsp3) is 0.133. The van der Waals surface area contributed by atoms with Gasteiger partial charge in [0.1, 0.15) is 5.82 Å². The predicted octanol–water partition coefficient (Wildman–Crippen LogP) is 4.21. The number of carbonyl (C=O) groups excluding carboxylic acids is 1. The van der Waals surface area contributed by atoms with Crippen molar-refractivity contribution in [2.24, 2.45) is 0 Å². The van der Waals surface area contributed by atoms with Gasteiger partial charge in [-0.05, 0) is 42.8 Å². The molecule has 2 rings (SSSR count). The van der Waals surface area contributed by atoms with E-state index in [2.05, 4.69) is 21.2 Å². The van der Waals surface area contributed by atoms with Gasteiger partial charge in [-0.15, -0.1) is 11.8 Å². The Hall–Kier alpha value is -1.53. The molecule has 0 aliphatic rings. The van der Waals surface area contributed by atoms with Crippen molar-refractivity contribution in [3.8, 4) is 0 Å². The summed E-state index contributed by atoms with van der Waals surface area (Å²) in [7, 11) is 0. The Labute approximate surface area is 135 Å². The van der Waals surface area contributed by atoms with Crippen LogP contribution in [0.25, 0.3) is 0 Å². The molecule has 2 aromatic carbocycles. The molecule has 0 bridgehead atoms. The summed E-state index contributed by atoms with van der Waals surface area (Å²) in [5, 5.41) is 2.55. The molecule has 0 saturated heterocycles. The Kier molecular flexibility index (Phi) is 5.25. The number of rotatable bonds is 4. The molecule has 0 unspecified atom stereocenters. The number of nitrogens with two attached hydrogens (primary N) is 1. The summed E-state index contributed by atoms with van der Waals surface area (Å²) >= 11 is 4.50. The van der Waals surface area contributed by atoms with Crippen molar-refractivity contribution in [2.75, 3.05) is 16.8 Å². The number of nitrogens with one attached hydrogen (secondary N) is 1. The molecule has 1 amide bonds. The molecule has 0 atom stereocenters. The summed E-state index contributed by atoms with van der Waals surface area (Å²) < 4.78 is 14.2. The molecule has 0 aromatic heterocycles. The van der Waals surface area contributed by atoms with Crippen LogP contribution in [-0.2, 0) is 4.79 Å². The molecule has 0 aliphatic carbocycles. The summed E-state index contributed by atoms with van der Waals surface area (Å²) in [5.74, 6) is -0.580. The van der Waals surface area contributed by atoms with Gasteiger partial charge in [0.05, 0.1) is 11.4 Å². The average molecular weight is 369 g/mol. The zero-order valence-electron chi connectivity index (χ0n) is 11.3. The number of carbonyl (C=O) groups is 1. The summed E-state index contributed by atoms with van der Waals surface area (Å²) in [6, 6.07) is 10.1. The van der Waals surface area contributed by atoms with E-state index in [1.54, 1.807) is 6.07 Å². The summed E-state index contributed by atoms with van der Waals surface area (Å²) in [6.45, 7) is 1.96. The van der Waals surface area contributed by atoms with Crippen molar-refractivity contribution in [1.82, 2.24) is 0 Å². The van der Waals surface area contributed by atoms with Gasteiger partial charge in [-0.2, -0.15) is 0 Å². The van der Waals surface area contributed by atoms with E-state index in [0.29, 0.717) is 10.2 Å². The fourth-order valence-electron chi connectivity index (χ4n) is 1.69. The van der Waals surface area contributed by atoms with Crippen LogP contribution in [-0.4, -0.2) is 11.7 Å². The molecule has 0 radical (unpaired) electrons. The van der Waals surface area contributed by atoms with E-state index >= 15 is 0 Å². The highest BCUT2D eigenvalue weighted by Crippen LogP contribution is 2.26. The Morgan fingerprint density at radius 1 is 1.33 bits per heavy atom. The zero-order valence-corrected chi connectivity index (χ0v) is 13.7. The Bertz CT molecular complexity index is 679. The molecule has 0 spiro atoms. The molecule has 0 heterocycles. The summed E-state index contributed by atoms with van der Waals surface area (Å²) in [6.07, 6.45) is 0. The number of amides is 1. The van der Waals surface area contributed by atoms with Gasteiger partial charge in [-0.1, -0.05) is 22.0 Å². The van der Waals surface area contributed by atoms with E-state index in [9.17, 15) is 9.18 Å². The van der Waals surface area contributed by atoms with Gasteiger partial charge in [0, 0.05) is 15.1 Å². The molecular weight excluding hydrogens is 355 g/mol. The maximum Gasteiger partial charge on any atom is 0.234 e. The van der Waals surface area contributed by atoms with E-state index in [4.69, 9.17) is 5.73 Å². The monoisotopic (exact) mass is 368 g/mol. The summed E-state index contributed by atoms with van der Waals surface area (Å²) in [4.78, 5) is 12.7. The Morgan fingerprint density at radius 3 is 2.81 bits per heavy atom. The molecule has 0 aliphatic heterocycles. The van der Waals surface area contributed by atoms with E-state index in [1.165, 1.54) is 23.9 Å². The number of nitrogen functional groups attached to an aromatic ring is 1. The number of benzene rings is 2. The van der Waals surface area contributed by atoms with Crippen molar-refractivity contribution in [3.63, 3.8) is 0 Å². The molecule has 110 valence electrons. The molecule has 0 fully saturated rings. The van der Waals surface area contributed by atoms with Crippen molar-refractivity contribution >= 4 is 45.0 Å². The highest BCUT2D eigenvalue weighted by molar-refractivity contribution is 9.10. The largest absolute Gasteiger partial charge is 0.398 e. The van der Waals surface area contributed by atoms with Crippen molar-refractivity contribution in [2.45, 2.75) is 11.8 Å². The van der Waals surface area contributed by atoms with Crippen LogP contribution in [0.1, 0.15) is 5.56 Å². The third-order valence-electron chi connectivity index (χ3n) is 2.73. The lowest BCUT2D eigenvalue weighted by Crippen LogP contribution is -2.15. The third kappa shape index (κ3) is 4.47. The molecule has 0 saturated carbocycles. The van der Waals surface area contributed by atoms with Gasteiger partial charge in [-0.25, -0.2) is 4.39 Å². The lowest BCUT2D eigenvalue weighted by molar-refractivity contribution is -0.113. The maximum absolute atomic E-state index is 13.6. The predicted molar refractivity (Wildman–Crippen MR) is 89.0 cm³/mol. The van der Waals surface area contributed by atoms with Crippen molar-refractivity contribution in [1.29, 1.82) is 0 Å². The number of anilines is 2. The van der Waals surface area contributed by atoms with Crippen LogP contribution >= 0.6 is 27.7 Å². The highest BCUT2D eigenvalue weighted by Gasteiger charge is 2.09. The molecular formula is C15H14BrFN2OS. The van der Waals surface area contributed by atoms with Gasteiger partial charge in [0.25, 0.3) is 0 Å². The SMILES string of the molecule is Cc1ccc(N)c(SCC(=O)Nc2ccc(Br)cc2F)c1. The molecule has 3 nitrogen and oxygen atoms in total. The van der Waals surface area contributed by atoms with Crippen molar-refractivity contribution < 1.29 is 9.18 Å². The van der Waals surface area contributed by atoms with Crippen LogP contribution < -0.4 is 11.1 Å². The van der Waals surface area contributed by atoms with Crippen LogP contribution in [0.2, 0.25) is 0 Å². The first-order valence-corrected chi connectivity index (χ1v) is 7.97. The minimum atomic E-state index is -0.474. The van der Waals surface area contributed by atoms with Gasteiger partial charge in [0.2, 0.25) is 5.91 Å². The lowest BCUT2D eigenvalue weighted by Gasteiger charge is -2.08. The smallest absolute Gasteiger partial charge is 0.234 e. The Morgan fingerprint density at radius 2 is 2.10 bits per heavy atom. The standard InChI is InChI=1S/C15H14BrFN2OS/c1-9-2-4-12(18)14(6-9)21-8-15(20)19-13-5-3-10(16)7-11(13)17/h2-7H,8,18H2,1H3,(H,19,20). The number of halogens is 2. The highest BCUT2D eigenvalue weighted by atomic mass is 79.9. The number of thioether (sulfide) groups is 1. The molecule has 6 heteroatoms. The number of hydrogen-bond donors (Lipinski definition) is 2. The normalized spacial score (nSPS) is 10.4. The topological polar surface area (TPSA) is 55.1 Å². The fourth-order valence-corrected chi connectivity index (χ4v) is 2.88. The maximum atomic E-state index is 13.6.